The molecule has 1 aromatic carbocycles. The van der Waals surface area contributed by atoms with Crippen LogP contribution in [-0.2, 0) is 0 Å². The van der Waals surface area contributed by atoms with Crippen LogP contribution >= 0.6 is 15.9 Å². The van der Waals surface area contributed by atoms with Gasteiger partial charge in [-0.3, -0.25) is 0 Å². The molecule has 3 N–H and O–H groups in total. The number of hydrogen-bond acceptors (Lipinski definition) is 2. The van der Waals surface area contributed by atoms with Gasteiger partial charge in [0.05, 0.1) is 10.6 Å². The van der Waals surface area contributed by atoms with Crippen molar-refractivity contribution in [2.45, 2.75) is 13.0 Å². The number of aryl methyl sites for hydroxylation is 1. The van der Waals surface area contributed by atoms with Crippen LogP contribution in [0.2, 0.25) is 0 Å². The first kappa shape index (κ1) is 10.6. The molecule has 1 rings (SSSR count). The molecular weight excluding hydrogens is 237 g/mol. The SMILES string of the molecule is Cc1ccc(Br)c(F)c1C(O)CN. The average molecular weight is 248 g/mol. The van der Waals surface area contributed by atoms with E-state index in [2.05, 4.69) is 15.9 Å². The van der Waals surface area contributed by atoms with E-state index in [1.54, 1.807) is 19.1 Å². The highest BCUT2D eigenvalue weighted by Gasteiger charge is 2.15. The number of aliphatic hydroxyl groups excluding tert-OH is 1. The predicted molar refractivity (Wildman–Crippen MR) is 52.9 cm³/mol. The third-order valence-corrected chi connectivity index (χ3v) is 2.52. The van der Waals surface area contributed by atoms with E-state index < -0.39 is 11.9 Å². The topological polar surface area (TPSA) is 46.2 Å². The lowest BCUT2D eigenvalue weighted by Gasteiger charge is -2.13. The number of benzene rings is 1. The van der Waals surface area contributed by atoms with Crippen LogP contribution in [0.1, 0.15) is 17.2 Å². The summed E-state index contributed by atoms with van der Waals surface area (Å²) < 4.78 is 13.8. The zero-order chi connectivity index (χ0) is 10.0. The van der Waals surface area contributed by atoms with Crippen molar-refractivity contribution in [3.05, 3.63) is 33.5 Å². The van der Waals surface area contributed by atoms with Gasteiger partial charge in [-0.05, 0) is 34.5 Å². The summed E-state index contributed by atoms with van der Waals surface area (Å²) in [5.74, 6) is -0.432. The van der Waals surface area contributed by atoms with E-state index in [-0.39, 0.29) is 12.1 Å². The van der Waals surface area contributed by atoms with Crippen LogP contribution in [0, 0.1) is 12.7 Å². The number of nitrogens with two attached hydrogens (primary N) is 1. The van der Waals surface area contributed by atoms with Crippen molar-refractivity contribution in [1.29, 1.82) is 0 Å². The first-order valence-corrected chi connectivity index (χ1v) is 4.70. The van der Waals surface area contributed by atoms with E-state index in [9.17, 15) is 9.50 Å². The predicted octanol–water partition coefficient (Wildman–Crippen LogP) is 1.89. The van der Waals surface area contributed by atoms with Crippen molar-refractivity contribution in [1.82, 2.24) is 0 Å². The Balaban J connectivity index is 3.25. The van der Waals surface area contributed by atoms with E-state index >= 15 is 0 Å². The molecule has 0 aliphatic carbocycles. The summed E-state index contributed by atoms with van der Waals surface area (Å²) in [5, 5.41) is 9.43. The Hall–Kier alpha value is -0.450. The summed E-state index contributed by atoms with van der Waals surface area (Å²) in [6, 6.07) is 3.35. The fraction of sp³-hybridized carbons (Fsp3) is 0.333. The smallest absolute Gasteiger partial charge is 0.143 e. The van der Waals surface area contributed by atoms with Gasteiger partial charge in [0.15, 0.2) is 0 Å². The van der Waals surface area contributed by atoms with E-state index in [1.807, 2.05) is 0 Å². The van der Waals surface area contributed by atoms with E-state index in [0.29, 0.717) is 10.0 Å². The highest BCUT2D eigenvalue weighted by molar-refractivity contribution is 9.10. The largest absolute Gasteiger partial charge is 0.387 e. The van der Waals surface area contributed by atoms with E-state index in [1.165, 1.54) is 0 Å². The van der Waals surface area contributed by atoms with Crippen molar-refractivity contribution in [2.24, 2.45) is 5.73 Å². The second-order valence-corrected chi connectivity index (χ2v) is 3.70. The summed E-state index contributed by atoms with van der Waals surface area (Å²) >= 11 is 3.05. The van der Waals surface area contributed by atoms with Gasteiger partial charge in [0.2, 0.25) is 0 Å². The molecule has 0 bridgehead atoms. The second kappa shape index (κ2) is 4.17. The molecule has 0 saturated heterocycles. The minimum absolute atomic E-state index is 0.0220. The fourth-order valence-electron chi connectivity index (χ4n) is 1.19. The quantitative estimate of drug-likeness (QED) is 0.839. The number of halogens is 2. The van der Waals surface area contributed by atoms with Gasteiger partial charge in [0.25, 0.3) is 0 Å². The Morgan fingerprint density at radius 3 is 2.77 bits per heavy atom. The summed E-state index contributed by atoms with van der Waals surface area (Å²) in [6.07, 6.45) is -0.933. The highest BCUT2D eigenvalue weighted by Crippen LogP contribution is 2.26. The Morgan fingerprint density at radius 1 is 1.62 bits per heavy atom. The molecule has 0 amide bonds. The fourth-order valence-corrected chi connectivity index (χ4v) is 1.54. The first-order chi connectivity index (χ1) is 6.07. The van der Waals surface area contributed by atoms with Gasteiger partial charge in [0, 0.05) is 12.1 Å². The molecule has 1 unspecified atom stereocenters. The number of hydrogen-bond donors (Lipinski definition) is 2. The van der Waals surface area contributed by atoms with Gasteiger partial charge in [-0.2, -0.15) is 0 Å². The molecule has 4 heteroatoms. The van der Waals surface area contributed by atoms with Crippen molar-refractivity contribution in [3.8, 4) is 0 Å². The van der Waals surface area contributed by atoms with Gasteiger partial charge < -0.3 is 10.8 Å². The Kier molecular flexibility index (Phi) is 3.41. The number of rotatable bonds is 2. The molecule has 0 aliphatic rings. The maximum absolute atomic E-state index is 13.4. The molecule has 0 heterocycles. The van der Waals surface area contributed by atoms with Crippen LogP contribution in [0.25, 0.3) is 0 Å². The maximum atomic E-state index is 13.4. The van der Waals surface area contributed by atoms with Crippen LogP contribution in [0.15, 0.2) is 16.6 Å². The highest BCUT2D eigenvalue weighted by atomic mass is 79.9. The Bertz CT molecular complexity index is 317. The molecule has 0 radical (unpaired) electrons. The summed E-state index contributed by atoms with van der Waals surface area (Å²) in [7, 11) is 0. The average Bonchev–Trinajstić information content (AvgIpc) is 2.12. The van der Waals surface area contributed by atoms with Crippen LogP contribution in [0.5, 0.6) is 0 Å². The van der Waals surface area contributed by atoms with Crippen LogP contribution in [-0.4, -0.2) is 11.7 Å². The third kappa shape index (κ3) is 2.07. The molecule has 2 nitrogen and oxygen atoms in total. The van der Waals surface area contributed by atoms with Gasteiger partial charge >= 0.3 is 0 Å². The molecule has 72 valence electrons. The van der Waals surface area contributed by atoms with Gasteiger partial charge in [0.1, 0.15) is 5.82 Å². The lowest BCUT2D eigenvalue weighted by Crippen LogP contribution is -2.14. The minimum atomic E-state index is -0.933. The summed E-state index contributed by atoms with van der Waals surface area (Å²) in [4.78, 5) is 0. The summed E-state index contributed by atoms with van der Waals surface area (Å²) in [6.45, 7) is 1.76. The lowest BCUT2D eigenvalue weighted by molar-refractivity contribution is 0.181. The van der Waals surface area contributed by atoms with Crippen molar-refractivity contribution in [2.75, 3.05) is 6.54 Å². The van der Waals surface area contributed by atoms with Gasteiger partial charge in [-0.1, -0.05) is 6.07 Å². The number of aliphatic hydroxyl groups is 1. The van der Waals surface area contributed by atoms with Gasteiger partial charge in [-0.15, -0.1) is 0 Å². The minimum Gasteiger partial charge on any atom is -0.387 e. The van der Waals surface area contributed by atoms with Crippen LogP contribution in [0.4, 0.5) is 4.39 Å². The molecule has 0 spiro atoms. The zero-order valence-electron chi connectivity index (χ0n) is 7.22. The standard InChI is InChI=1S/C9H11BrFNO/c1-5-2-3-6(10)9(11)8(5)7(13)4-12/h2-3,7,13H,4,12H2,1H3. The zero-order valence-corrected chi connectivity index (χ0v) is 8.81. The molecule has 13 heavy (non-hydrogen) atoms. The van der Waals surface area contributed by atoms with Crippen LogP contribution in [0.3, 0.4) is 0 Å². The lowest BCUT2D eigenvalue weighted by atomic mass is 10.0. The molecule has 0 aromatic heterocycles. The Morgan fingerprint density at radius 2 is 2.23 bits per heavy atom. The van der Waals surface area contributed by atoms with Gasteiger partial charge in [-0.25, -0.2) is 4.39 Å². The molecule has 1 atom stereocenters. The molecule has 0 saturated carbocycles. The van der Waals surface area contributed by atoms with Crippen molar-refractivity contribution < 1.29 is 9.50 Å². The Labute approximate surface area is 84.7 Å². The van der Waals surface area contributed by atoms with Crippen LogP contribution < -0.4 is 5.73 Å². The maximum Gasteiger partial charge on any atom is 0.143 e. The van der Waals surface area contributed by atoms with Crippen molar-refractivity contribution in [3.63, 3.8) is 0 Å². The van der Waals surface area contributed by atoms with E-state index in [4.69, 9.17) is 5.73 Å². The van der Waals surface area contributed by atoms with E-state index in [0.717, 1.165) is 0 Å². The molecule has 1 aromatic rings. The van der Waals surface area contributed by atoms with Crippen molar-refractivity contribution >= 4 is 15.9 Å². The molecular formula is C9H11BrFNO. The second-order valence-electron chi connectivity index (χ2n) is 2.84. The first-order valence-electron chi connectivity index (χ1n) is 3.90. The normalized spacial score (nSPS) is 13.0. The monoisotopic (exact) mass is 247 g/mol. The molecule has 0 fully saturated rings. The third-order valence-electron chi connectivity index (χ3n) is 1.91. The molecule has 0 aliphatic heterocycles. The summed E-state index contributed by atoms with van der Waals surface area (Å²) in [5.41, 5.74) is 6.24.